The number of nitro groups is 1. The largest absolute Gasteiger partial charge is 0.367 e. The van der Waals surface area contributed by atoms with Gasteiger partial charge in [-0.25, -0.2) is 8.42 Å². The lowest BCUT2D eigenvalue weighted by Gasteiger charge is -2.35. The molecule has 2 aromatic carbocycles. The standard InChI is InChI=1S/C19H22N4O5S/c1-14-7-8-15(13-18(14)23(25)26)19(24)20-16-5-3-4-6-17(16)21-9-11-22(12-10-21)29(2,27)28/h3-8,13H,9-12H2,1-2H3,(H,20,24). The van der Waals surface area contributed by atoms with Crippen molar-refractivity contribution >= 4 is 33.0 Å². The van der Waals surface area contributed by atoms with E-state index in [9.17, 15) is 23.3 Å². The molecule has 0 atom stereocenters. The molecule has 1 heterocycles. The number of aryl methyl sites for hydroxylation is 1. The Labute approximate surface area is 169 Å². The van der Waals surface area contributed by atoms with Gasteiger partial charge < -0.3 is 10.2 Å². The minimum atomic E-state index is -3.23. The topological polar surface area (TPSA) is 113 Å². The molecule has 0 unspecified atom stereocenters. The molecule has 1 amide bonds. The third-order valence-electron chi connectivity index (χ3n) is 4.87. The molecule has 0 saturated carbocycles. The molecular formula is C19H22N4O5S. The van der Waals surface area contributed by atoms with Crippen molar-refractivity contribution in [2.75, 3.05) is 42.7 Å². The molecule has 1 saturated heterocycles. The van der Waals surface area contributed by atoms with Crippen molar-refractivity contribution in [3.63, 3.8) is 0 Å². The van der Waals surface area contributed by atoms with Crippen LogP contribution in [0.4, 0.5) is 17.1 Å². The van der Waals surface area contributed by atoms with Crippen molar-refractivity contribution in [1.82, 2.24) is 4.31 Å². The lowest BCUT2D eigenvalue weighted by molar-refractivity contribution is -0.385. The van der Waals surface area contributed by atoms with Crippen LogP contribution >= 0.6 is 0 Å². The SMILES string of the molecule is Cc1ccc(C(=O)Nc2ccccc2N2CCN(S(C)(=O)=O)CC2)cc1[N+](=O)[O-]. The Kier molecular flexibility index (Phi) is 5.85. The third-order valence-corrected chi connectivity index (χ3v) is 6.17. The van der Waals surface area contributed by atoms with E-state index in [1.807, 2.05) is 17.0 Å². The summed E-state index contributed by atoms with van der Waals surface area (Å²) in [5.41, 5.74) is 1.90. The van der Waals surface area contributed by atoms with Crippen LogP contribution in [0.5, 0.6) is 0 Å². The summed E-state index contributed by atoms with van der Waals surface area (Å²) in [6, 6.07) is 11.6. The molecule has 0 bridgehead atoms. The number of hydrogen-bond acceptors (Lipinski definition) is 6. The Morgan fingerprint density at radius 3 is 2.38 bits per heavy atom. The number of para-hydroxylation sites is 2. The van der Waals surface area contributed by atoms with Crippen molar-refractivity contribution in [3.05, 3.63) is 63.7 Å². The predicted molar refractivity (Wildman–Crippen MR) is 111 cm³/mol. The second-order valence-electron chi connectivity index (χ2n) is 6.88. The maximum atomic E-state index is 12.7. The minimum absolute atomic E-state index is 0.108. The molecule has 0 aliphatic carbocycles. The summed E-state index contributed by atoms with van der Waals surface area (Å²) >= 11 is 0. The fourth-order valence-electron chi connectivity index (χ4n) is 3.26. The van der Waals surface area contributed by atoms with Crippen LogP contribution in [-0.2, 0) is 10.0 Å². The van der Waals surface area contributed by atoms with Gasteiger partial charge >= 0.3 is 0 Å². The molecule has 0 aromatic heterocycles. The number of rotatable bonds is 5. The molecule has 154 valence electrons. The molecular weight excluding hydrogens is 396 g/mol. The predicted octanol–water partition coefficient (Wildman–Crippen LogP) is 2.24. The van der Waals surface area contributed by atoms with E-state index >= 15 is 0 Å². The van der Waals surface area contributed by atoms with Gasteiger partial charge in [0.25, 0.3) is 11.6 Å². The van der Waals surface area contributed by atoms with E-state index in [1.165, 1.54) is 16.6 Å². The van der Waals surface area contributed by atoms with Crippen LogP contribution < -0.4 is 10.2 Å². The first-order valence-corrected chi connectivity index (χ1v) is 10.9. The summed E-state index contributed by atoms with van der Waals surface area (Å²) in [6.45, 7) is 3.34. The molecule has 2 aromatic rings. The first-order chi connectivity index (χ1) is 13.7. The maximum absolute atomic E-state index is 12.7. The van der Waals surface area contributed by atoms with Crippen LogP contribution in [0.25, 0.3) is 0 Å². The van der Waals surface area contributed by atoms with Gasteiger partial charge in [0.2, 0.25) is 10.0 Å². The molecule has 1 aliphatic heterocycles. The summed E-state index contributed by atoms with van der Waals surface area (Å²) in [5, 5.41) is 13.9. The van der Waals surface area contributed by atoms with Gasteiger partial charge in [-0.1, -0.05) is 18.2 Å². The number of nitrogens with zero attached hydrogens (tertiary/aromatic N) is 3. The van der Waals surface area contributed by atoms with E-state index in [1.54, 1.807) is 31.2 Å². The van der Waals surface area contributed by atoms with E-state index in [4.69, 9.17) is 0 Å². The number of sulfonamides is 1. The normalized spacial score (nSPS) is 15.2. The summed E-state index contributed by atoms with van der Waals surface area (Å²) in [4.78, 5) is 25.3. The lowest BCUT2D eigenvalue weighted by Crippen LogP contribution is -2.48. The summed E-state index contributed by atoms with van der Waals surface area (Å²) in [6.07, 6.45) is 1.19. The van der Waals surface area contributed by atoms with E-state index in [-0.39, 0.29) is 11.3 Å². The van der Waals surface area contributed by atoms with Crippen molar-refractivity contribution in [1.29, 1.82) is 0 Å². The Bertz CT molecular complexity index is 1050. The van der Waals surface area contributed by atoms with Gasteiger partial charge in [0.1, 0.15) is 0 Å². The Morgan fingerprint density at radius 2 is 1.76 bits per heavy atom. The highest BCUT2D eigenvalue weighted by atomic mass is 32.2. The van der Waals surface area contributed by atoms with Crippen LogP contribution in [0, 0.1) is 17.0 Å². The molecule has 0 spiro atoms. The van der Waals surface area contributed by atoms with Crippen molar-refractivity contribution in [3.8, 4) is 0 Å². The highest BCUT2D eigenvalue weighted by molar-refractivity contribution is 7.88. The van der Waals surface area contributed by atoms with Crippen LogP contribution in [-0.4, -0.2) is 56.0 Å². The second kappa shape index (κ2) is 8.18. The van der Waals surface area contributed by atoms with Gasteiger partial charge in [-0.05, 0) is 25.1 Å². The van der Waals surface area contributed by atoms with Gasteiger partial charge in [-0.3, -0.25) is 14.9 Å². The summed E-state index contributed by atoms with van der Waals surface area (Å²) in [5.74, 6) is -0.449. The van der Waals surface area contributed by atoms with Crippen molar-refractivity contribution in [2.24, 2.45) is 0 Å². The van der Waals surface area contributed by atoms with Crippen molar-refractivity contribution < 1.29 is 18.1 Å². The van der Waals surface area contributed by atoms with E-state index in [0.29, 0.717) is 37.4 Å². The zero-order chi connectivity index (χ0) is 21.2. The van der Waals surface area contributed by atoms with Crippen LogP contribution in [0.15, 0.2) is 42.5 Å². The number of anilines is 2. The van der Waals surface area contributed by atoms with Gasteiger partial charge in [0.05, 0.1) is 22.6 Å². The van der Waals surface area contributed by atoms with Gasteiger partial charge in [0.15, 0.2) is 0 Å². The first-order valence-electron chi connectivity index (χ1n) is 9.02. The quantitative estimate of drug-likeness (QED) is 0.589. The number of hydrogen-bond donors (Lipinski definition) is 1. The average Bonchev–Trinajstić information content (AvgIpc) is 2.68. The van der Waals surface area contributed by atoms with Gasteiger partial charge in [-0.15, -0.1) is 0 Å². The zero-order valence-electron chi connectivity index (χ0n) is 16.2. The number of piperazine rings is 1. The van der Waals surface area contributed by atoms with Gasteiger partial charge in [-0.2, -0.15) is 4.31 Å². The third kappa shape index (κ3) is 4.72. The fraction of sp³-hybridized carbons (Fsp3) is 0.316. The molecule has 9 nitrogen and oxygen atoms in total. The lowest BCUT2D eigenvalue weighted by atomic mass is 10.1. The average molecular weight is 418 g/mol. The van der Waals surface area contributed by atoms with Crippen LogP contribution in [0.2, 0.25) is 0 Å². The van der Waals surface area contributed by atoms with Gasteiger partial charge in [0, 0.05) is 43.4 Å². The monoisotopic (exact) mass is 418 g/mol. The molecule has 1 N–H and O–H groups in total. The number of nitro benzene ring substituents is 1. The fourth-order valence-corrected chi connectivity index (χ4v) is 4.08. The Hall–Kier alpha value is -2.98. The molecule has 3 rings (SSSR count). The highest BCUT2D eigenvalue weighted by Gasteiger charge is 2.25. The van der Waals surface area contributed by atoms with Crippen LogP contribution in [0.3, 0.4) is 0 Å². The highest BCUT2D eigenvalue weighted by Crippen LogP contribution is 2.28. The van der Waals surface area contributed by atoms with Crippen molar-refractivity contribution in [2.45, 2.75) is 6.92 Å². The number of benzene rings is 2. The molecule has 10 heteroatoms. The van der Waals surface area contributed by atoms with E-state index < -0.39 is 20.9 Å². The van der Waals surface area contributed by atoms with E-state index in [2.05, 4.69) is 5.32 Å². The zero-order valence-corrected chi connectivity index (χ0v) is 17.0. The molecule has 1 fully saturated rings. The summed E-state index contributed by atoms with van der Waals surface area (Å²) in [7, 11) is -3.23. The van der Waals surface area contributed by atoms with Crippen LogP contribution in [0.1, 0.15) is 15.9 Å². The first kappa shape index (κ1) is 20.7. The number of amides is 1. The Morgan fingerprint density at radius 1 is 1.10 bits per heavy atom. The minimum Gasteiger partial charge on any atom is -0.367 e. The maximum Gasteiger partial charge on any atom is 0.273 e. The second-order valence-corrected chi connectivity index (χ2v) is 8.86. The summed E-state index contributed by atoms with van der Waals surface area (Å²) < 4.78 is 24.8. The number of carbonyl (C=O) groups excluding carboxylic acids is 1. The molecule has 1 aliphatic rings. The smallest absolute Gasteiger partial charge is 0.273 e. The van der Waals surface area contributed by atoms with E-state index in [0.717, 1.165) is 5.69 Å². The number of nitrogens with one attached hydrogen (secondary N) is 1. The number of carbonyl (C=O) groups is 1. The Balaban J connectivity index is 1.79. The molecule has 29 heavy (non-hydrogen) atoms. The molecule has 0 radical (unpaired) electrons.